The van der Waals surface area contributed by atoms with Crippen molar-refractivity contribution >= 4 is 61.6 Å². The number of fused-ring (bicyclic) bond motifs is 2. The number of aliphatic hydroxyl groups excluding tert-OH is 1. The number of benzene rings is 6. The van der Waals surface area contributed by atoms with E-state index in [1.165, 1.54) is 79.2 Å². The summed E-state index contributed by atoms with van der Waals surface area (Å²) in [5, 5.41) is 48.4. The first kappa shape index (κ1) is 105. The number of pyridine rings is 5. The molecule has 15 aromatic rings. The van der Waals surface area contributed by atoms with E-state index in [0.29, 0.717) is 22.8 Å². The zero-order valence-corrected chi connectivity index (χ0v) is 79.2. The molecule has 0 aliphatic heterocycles. The van der Waals surface area contributed by atoms with Crippen LogP contribution < -0.4 is 0 Å². The summed E-state index contributed by atoms with van der Waals surface area (Å²) in [6, 6.07) is 69.0. The normalized spacial score (nSPS) is 10.3. The Kier molecular flexibility index (Phi) is 45.1. The maximum absolute atomic E-state index is 13.8. The minimum absolute atomic E-state index is 0. The summed E-state index contributed by atoms with van der Waals surface area (Å²) < 4.78 is 84.4. The molecule has 0 bridgehead atoms. The minimum atomic E-state index is -0.983. The van der Waals surface area contributed by atoms with Crippen molar-refractivity contribution in [3.63, 3.8) is 0 Å². The monoisotopic (exact) mass is 2570 g/mol. The number of carbonyl (C=O) groups is 4. The molecule has 643 valence electrons. The van der Waals surface area contributed by atoms with Crippen molar-refractivity contribution in [1.29, 1.82) is 0 Å². The number of hydrogen-bond donors (Lipinski definition) is 4. The molecule has 0 unspecified atom stereocenters. The molecule has 9 aromatic heterocycles. The van der Waals surface area contributed by atoms with Crippen LogP contribution in [0.3, 0.4) is 0 Å². The number of thiophene rings is 1. The second-order valence-electron chi connectivity index (χ2n) is 25.0. The second kappa shape index (κ2) is 52.6. The fourth-order valence-corrected chi connectivity index (χ4v) is 11.0. The smallest absolute Gasteiger partial charge is 0.356 e. The van der Waals surface area contributed by atoms with E-state index in [1.807, 2.05) is 92.1 Å². The Bertz CT molecular complexity index is 5940. The van der Waals surface area contributed by atoms with Gasteiger partial charge < -0.3 is 45.3 Å². The van der Waals surface area contributed by atoms with Crippen LogP contribution in [0.2, 0.25) is 0 Å². The fourth-order valence-electron chi connectivity index (χ4n) is 9.98. The molecular weight excluding hydrogens is 2500 g/mol. The van der Waals surface area contributed by atoms with E-state index >= 15 is 0 Å². The van der Waals surface area contributed by atoms with E-state index < -0.39 is 52.8 Å². The van der Waals surface area contributed by atoms with Gasteiger partial charge in [-0.3, -0.25) is 45.2 Å². The van der Waals surface area contributed by atoms with Crippen LogP contribution in [-0.4, -0.2) is 104 Å². The van der Waals surface area contributed by atoms with Gasteiger partial charge >= 0.3 is 17.9 Å². The van der Waals surface area contributed by atoms with Crippen molar-refractivity contribution in [2.75, 3.05) is 0 Å². The summed E-state index contributed by atoms with van der Waals surface area (Å²) in [5.74, 6) is -6.96. The van der Waals surface area contributed by atoms with Gasteiger partial charge in [0.2, 0.25) is 0 Å². The third kappa shape index (κ3) is 33.6. The van der Waals surface area contributed by atoms with Crippen molar-refractivity contribution < 1.29 is 166 Å². The number of halogens is 6. The standard InChI is InChI=1S/C17H9F2N2.C15H10N.C13H8NS.C12H8F2N.C11H6F2N.3C6H8N2O2.C5H8O2.5Ir/c1-2-16(21-13-4-5-13)11-7-8-20-17(9-11)14-6-3-12(18)10-15(14)19;1-2-7-13(8-3-1)15-14-9-5-4-6-12(14)10-11-16-15;1-2-7-12-10(5-1)9-13(15-12)11-6-3-4-8-14-11;1-8-4-5-15-12(6-8)10-3-2-9(13)7-11(10)14;12-8-4-5-9(10(13)7-8)11-3-1-2-6-14-11;3*1-4-3-5(6(9)10)7-8(4)2;1-4(6)3-5(2)7;;;;;/h2-4,7-10H,1H2;1-7,9-11H;1-8H;2,4-7H,1H3;1-4,6-7H;3*3H,1-2H3,(H,9,10);3,6H,1-2H3;;;;;/q5*-1;;;;;;;;;. The minimum Gasteiger partial charge on any atom is -0.512 e. The molecule has 16 rings (SSSR count). The number of nitrogens with zero attached hydrogens (tertiary/aromatic N) is 12. The third-order valence-corrected chi connectivity index (χ3v) is 17.1. The van der Waals surface area contributed by atoms with Gasteiger partial charge in [0.15, 0.2) is 22.9 Å². The summed E-state index contributed by atoms with van der Waals surface area (Å²) >= 11 is 1.73. The van der Waals surface area contributed by atoms with Crippen LogP contribution in [-0.2, 0) is 126 Å². The van der Waals surface area contributed by atoms with Crippen LogP contribution in [0.15, 0.2) is 272 Å². The molecular formula is C91H73F6Ir5N12O8S-5. The molecule has 0 spiro atoms. The molecule has 123 heavy (non-hydrogen) atoms. The molecule has 0 atom stereocenters. The first-order valence-electron chi connectivity index (χ1n) is 35.3. The van der Waals surface area contributed by atoms with Crippen molar-refractivity contribution in [2.45, 2.75) is 41.5 Å². The maximum Gasteiger partial charge on any atom is 0.356 e. The van der Waals surface area contributed by atoms with Gasteiger partial charge in [0.25, 0.3) is 0 Å². The predicted octanol–water partition coefficient (Wildman–Crippen LogP) is 19.6. The van der Waals surface area contributed by atoms with Crippen LogP contribution in [0, 0.1) is 92.9 Å². The number of allylic oxidation sites excluding steroid dienone is 3. The molecule has 0 saturated carbocycles. The van der Waals surface area contributed by atoms with E-state index in [0.717, 1.165) is 92.1 Å². The van der Waals surface area contributed by atoms with E-state index in [1.54, 1.807) is 114 Å². The Balaban J connectivity index is 0.000000361. The summed E-state index contributed by atoms with van der Waals surface area (Å²) in [6.45, 7) is 13.9. The second-order valence-corrected chi connectivity index (χ2v) is 26.0. The molecule has 0 saturated heterocycles. The van der Waals surface area contributed by atoms with Crippen molar-refractivity contribution in [3.8, 4) is 55.6 Å². The number of carboxylic acids is 3. The molecule has 1 aliphatic carbocycles. The van der Waals surface area contributed by atoms with Crippen molar-refractivity contribution in [1.82, 2.24) is 54.3 Å². The van der Waals surface area contributed by atoms with Crippen LogP contribution in [0.1, 0.15) is 73.5 Å². The number of aliphatic hydroxyl groups is 1. The zero-order chi connectivity index (χ0) is 85.5. The average Bonchev–Trinajstić information content (AvgIpc) is 1.80. The molecule has 0 amide bonds. The van der Waals surface area contributed by atoms with E-state index in [2.05, 4.69) is 118 Å². The van der Waals surface area contributed by atoms with Gasteiger partial charge in [0, 0.05) is 222 Å². The van der Waals surface area contributed by atoms with Crippen LogP contribution in [0.5, 0.6) is 0 Å². The molecule has 20 nitrogen and oxygen atoms in total. The maximum atomic E-state index is 13.8. The van der Waals surface area contributed by atoms with Gasteiger partial charge in [-0.15, -0.1) is 95.9 Å². The van der Waals surface area contributed by atoms with E-state index in [-0.39, 0.29) is 146 Å². The van der Waals surface area contributed by atoms with Crippen molar-refractivity contribution in [2.24, 2.45) is 26.1 Å². The fraction of sp³-hybridized carbons (Fsp3) is 0.0989. The number of carbonyl (C=O) groups excluding carboxylic acids is 1. The number of aromatic nitrogens is 11. The molecule has 6 aromatic carbocycles. The van der Waals surface area contributed by atoms with Gasteiger partial charge in [-0.2, -0.15) is 15.3 Å². The van der Waals surface area contributed by atoms with Crippen LogP contribution >= 0.6 is 11.3 Å². The number of ketones is 1. The quantitative estimate of drug-likeness (QED) is 0.0221. The first-order chi connectivity index (χ1) is 56.4. The summed E-state index contributed by atoms with van der Waals surface area (Å²) in [5.41, 5.74) is 13.6. The number of carboxylic acid groups (broad SMARTS) is 3. The predicted molar refractivity (Wildman–Crippen MR) is 440 cm³/mol. The van der Waals surface area contributed by atoms with E-state index in [9.17, 15) is 45.5 Å². The zero-order valence-electron chi connectivity index (χ0n) is 66.4. The molecule has 32 heteroatoms. The molecule has 9 heterocycles. The Morgan fingerprint density at radius 3 is 1.33 bits per heavy atom. The number of hydrogen-bond acceptors (Lipinski definition) is 15. The van der Waals surface area contributed by atoms with Gasteiger partial charge in [-0.1, -0.05) is 126 Å². The Hall–Kier alpha value is -11.7. The summed E-state index contributed by atoms with van der Waals surface area (Å²) in [6.07, 6.45) is 12.8. The van der Waals surface area contributed by atoms with E-state index in [4.69, 9.17) is 20.4 Å². The first-order valence-corrected chi connectivity index (χ1v) is 36.1. The number of aliphatic imine (C=N–C) groups is 1. The van der Waals surface area contributed by atoms with Crippen LogP contribution in [0.25, 0.3) is 76.5 Å². The number of aryl methyl sites for hydroxylation is 7. The van der Waals surface area contributed by atoms with Gasteiger partial charge in [-0.25, -0.2) is 30.7 Å². The van der Waals surface area contributed by atoms with Gasteiger partial charge in [-0.05, 0) is 145 Å². The molecule has 4 N–H and O–H groups in total. The summed E-state index contributed by atoms with van der Waals surface area (Å²) in [4.78, 5) is 67.1. The topological polar surface area (TPSA) is 279 Å². The Morgan fingerprint density at radius 2 is 0.927 bits per heavy atom. The van der Waals surface area contributed by atoms with Gasteiger partial charge in [0.1, 0.15) is 5.70 Å². The third-order valence-electron chi connectivity index (χ3n) is 16.0. The Labute approximate surface area is 776 Å². The average molecular weight is 2570 g/mol. The number of rotatable bonds is 12. The largest absolute Gasteiger partial charge is 0.512 e. The summed E-state index contributed by atoms with van der Waals surface area (Å²) in [7, 11) is 5.13. The molecule has 1 aliphatic rings. The van der Waals surface area contributed by atoms with Crippen molar-refractivity contribution in [3.05, 3.63) is 378 Å². The van der Waals surface area contributed by atoms with Gasteiger partial charge in [0.05, 0.1) is 11.5 Å². The van der Waals surface area contributed by atoms with Crippen LogP contribution in [0.4, 0.5) is 26.3 Å². The molecule has 0 fully saturated rings. The Morgan fingerprint density at radius 1 is 0.488 bits per heavy atom. The molecule has 5 radical (unpaired) electrons. The SMILES string of the molecule is C=CC(=NC1=C=C1)c1ccnc(-c2[c-]cc(F)cc2F)c1.CC(=O)C=C(C)O.Cc1cc(C(=O)O)nn1C.Cc1cc(C(=O)O)nn1C.Cc1cc(C(=O)O)nn1C.Cc1ccnc(-c2[c-]cc(F)cc2F)c1.Fc1c[c-]c(-c2ccccn2)c(F)c1.[Ir].[Ir].[Ir].[Ir].[Ir].[c-]1c(-c2ccccn2)sc2ccccc12.[c-]1ccccc1-c1nccc2ccccc12. The number of aromatic carboxylic acids is 3.